The quantitative estimate of drug-likeness (QED) is 0.423. The van der Waals surface area contributed by atoms with Crippen LogP contribution in [0, 0.1) is 0 Å². The van der Waals surface area contributed by atoms with Crippen LogP contribution in [-0.2, 0) is 24.8 Å². The van der Waals surface area contributed by atoms with Gasteiger partial charge in [-0.15, -0.1) is 0 Å². The lowest BCUT2D eigenvalue weighted by atomic mass is 10.2. The summed E-state index contributed by atoms with van der Waals surface area (Å²) < 4.78 is 56.5. The Kier molecular flexibility index (Phi) is 9.37. The second-order valence-electron chi connectivity index (χ2n) is 4.99. The number of ether oxygens (including phenoxy) is 1. The van der Waals surface area contributed by atoms with Crippen LogP contribution in [0.1, 0.15) is 26.7 Å². The molecular formula is C14H26N2O5S2. The van der Waals surface area contributed by atoms with Crippen LogP contribution >= 0.6 is 0 Å². The van der Waals surface area contributed by atoms with Crippen molar-refractivity contribution in [1.82, 2.24) is 9.44 Å². The molecule has 0 radical (unpaired) electrons. The van der Waals surface area contributed by atoms with Gasteiger partial charge in [-0.1, -0.05) is 13.5 Å². The van der Waals surface area contributed by atoms with E-state index in [0.717, 1.165) is 6.26 Å². The molecule has 0 aliphatic heterocycles. The molecule has 9 heteroatoms. The minimum Gasteiger partial charge on any atom is -0.385 e. The topological polar surface area (TPSA) is 102 Å². The summed E-state index contributed by atoms with van der Waals surface area (Å²) in [5.41, 5.74) is 0.888. The Hall–Kier alpha value is -1.16. The molecule has 0 aromatic heterocycles. The summed E-state index contributed by atoms with van der Waals surface area (Å²) in [6, 6.07) is 0. The third-order valence-electron chi connectivity index (χ3n) is 2.74. The van der Waals surface area contributed by atoms with Gasteiger partial charge in [0.1, 0.15) is 0 Å². The minimum absolute atomic E-state index is 0.0430. The zero-order chi connectivity index (χ0) is 18.1. The summed E-state index contributed by atoms with van der Waals surface area (Å²) in [6.07, 6.45) is 4.64. The normalized spacial score (nSPS) is 13.9. The smallest absolute Gasteiger partial charge is 0.240 e. The predicted octanol–water partition coefficient (Wildman–Crippen LogP) is 1.25. The number of sulfonamides is 2. The first-order valence-corrected chi connectivity index (χ1v) is 10.4. The highest BCUT2D eigenvalue weighted by Crippen LogP contribution is 2.19. The van der Waals surface area contributed by atoms with E-state index in [9.17, 15) is 16.8 Å². The van der Waals surface area contributed by atoms with Crippen LogP contribution in [-0.4, -0.2) is 43.4 Å². The van der Waals surface area contributed by atoms with Crippen LogP contribution in [0.15, 0.2) is 34.9 Å². The van der Waals surface area contributed by atoms with Gasteiger partial charge in [-0.2, -0.15) is 0 Å². The summed E-state index contributed by atoms with van der Waals surface area (Å²) >= 11 is 0. The molecule has 7 nitrogen and oxygen atoms in total. The van der Waals surface area contributed by atoms with Gasteiger partial charge in [-0.3, -0.25) is 4.72 Å². The fourth-order valence-electron chi connectivity index (χ4n) is 1.49. The van der Waals surface area contributed by atoms with Crippen LogP contribution in [0.4, 0.5) is 0 Å². The average molecular weight is 367 g/mol. The zero-order valence-electron chi connectivity index (χ0n) is 14.0. The lowest BCUT2D eigenvalue weighted by Crippen LogP contribution is -2.27. The Labute approximate surface area is 139 Å². The van der Waals surface area contributed by atoms with Crippen molar-refractivity contribution >= 4 is 20.0 Å². The molecule has 23 heavy (non-hydrogen) atoms. The van der Waals surface area contributed by atoms with Crippen LogP contribution in [0.5, 0.6) is 0 Å². The van der Waals surface area contributed by atoms with Crippen molar-refractivity contribution in [3.8, 4) is 0 Å². The molecule has 0 rings (SSSR count). The van der Waals surface area contributed by atoms with Gasteiger partial charge in [0.05, 0.1) is 11.2 Å². The number of methoxy groups -OCH3 is 1. The number of allylic oxidation sites excluding steroid dienone is 3. The minimum atomic E-state index is -3.73. The van der Waals surface area contributed by atoms with E-state index in [0.29, 0.717) is 30.6 Å². The monoisotopic (exact) mass is 366 g/mol. The fraction of sp³-hybridized carbons (Fsp3) is 0.571. The van der Waals surface area contributed by atoms with Crippen molar-refractivity contribution in [2.24, 2.45) is 0 Å². The van der Waals surface area contributed by atoms with Crippen molar-refractivity contribution in [2.45, 2.75) is 26.7 Å². The Bertz CT molecular complexity index is 661. The van der Waals surface area contributed by atoms with Gasteiger partial charge in [0.2, 0.25) is 20.0 Å². The molecule has 0 aliphatic rings. The fourth-order valence-corrected chi connectivity index (χ4v) is 3.33. The van der Waals surface area contributed by atoms with E-state index in [2.05, 4.69) is 16.0 Å². The molecule has 0 saturated heterocycles. The summed E-state index contributed by atoms with van der Waals surface area (Å²) in [7, 11) is -5.58. The summed E-state index contributed by atoms with van der Waals surface area (Å²) in [6.45, 7) is 7.86. The largest absolute Gasteiger partial charge is 0.385 e. The molecular weight excluding hydrogens is 340 g/mol. The Morgan fingerprint density at radius 2 is 1.87 bits per heavy atom. The molecule has 0 unspecified atom stereocenters. The van der Waals surface area contributed by atoms with Crippen molar-refractivity contribution in [3.63, 3.8) is 0 Å². The molecule has 134 valence electrons. The van der Waals surface area contributed by atoms with E-state index >= 15 is 0 Å². The molecule has 0 atom stereocenters. The van der Waals surface area contributed by atoms with Crippen LogP contribution in [0.25, 0.3) is 0 Å². The van der Waals surface area contributed by atoms with E-state index in [-0.39, 0.29) is 11.4 Å². The maximum absolute atomic E-state index is 12.4. The number of hydrogen-bond donors (Lipinski definition) is 2. The highest BCUT2D eigenvalue weighted by atomic mass is 32.2. The van der Waals surface area contributed by atoms with E-state index in [4.69, 9.17) is 4.74 Å². The highest BCUT2D eigenvalue weighted by Gasteiger charge is 2.19. The predicted molar refractivity (Wildman–Crippen MR) is 92.7 cm³/mol. The van der Waals surface area contributed by atoms with Crippen molar-refractivity contribution in [2.75, 3.05) is 26.5 Å². The molecule has 0 spiro atoms. The second kappa shape index (κ2) is 9.86. The van der Waals surface area contributed by atoms with Gasteiger partial charge in [0.25, 0.3) is 0 Å². The number of hydrogen-bond acceptors (Lipinski definition) is 5. The number of rotatable bonds is 11. The van der Waals surface area contributed by atoms with Gasteiger partial charge in [0.15, 0.2) is 0 Å². The van der Waals surface area contributed by atoms with Crippen molar-refractivity contribution in [3.05, 3.63) is 34.9 Å². The summed E-state index contributed by atoms with van der Waals surface area (Å²) in [5.74, 6) is 0. The third-order valence-corrected chi connectivity index (χ3v) is 4.86. The summed E-state index contributed by atoms with van der Waals surface area (Å²) in [4.78, 5) is 0.0430. The van der Waals surface area contributed by atoms with Crippen LogP contribution < -0.4 is 9.44 Å². The molecule has 0 aromatic carbocycles. The average Bonchev–Trinajstić information content (AvgIpc) is 2.45. The standard InChI is InChI=1S/C14H26N2O5S2/c1-6-13(3)14(10-12(2)11-16-22(5,17)18)23(19,20)15-8-7-9-21-4/h10-11,15-16H,3,6-9H2,1-2,4-5H3/b12-11-,14-10+. The molecule has 0 saturated carbocycles. The second-order valence-corrected chi connectivity index (χ2v) is 8.50. The highest BCUT2D eigenvalue weighted by molar-refractivity contribution is 7.93. The Balaban J connectivity index is 5.35. The number of nitrogens with one attached hydrogen (secondary N) is 2. The maximum Gasteiger partial charge on any atom is 0.240 e. The lowest BCUT2D eigenvalue weighted by molar-refractivity contribution is 0.196. The molecule has 0 heterocycles. The van der Waals surface area contributed by atoms with Crippen LogP contribution in [0.2, 0.25) is 0 Å². The Morgan fingerprint density at radius 3 is 2.35 bits per heavy atom. The van der Waals surface area contributed by atoms with Gasteiger partial charge in [-0.05, 0) is 37.0 Å². The lowest BCUT2D eigenvalue weighted by Gasteiger charge is -2.12. The molecule has 0 fully saturated rings. The zero-order valence-corrected chi connectivity index (χ0v) is 15.7. The van der Waals surface area contributed by atoms with Gasteiger partial charge < -0.3 is 4.74 Å². The first-order chi connectivity index (χ1) is 10.5. The van der Waals surface area contributed by atoms with Crippen molar-refractivity contribution < 1.29 is 21.6 Å². The molecule has 0 bridgehead atoms. The Morgan fingerprint density at radius 1 is 1.26 bits per heavy atom. The summed E-state index contributed by atoms with van der Waals surface area (Å²) in [5, 5.41) is 0. The van der Waals surface area contributed by atoms with E-state index < -0.39 is 20.0 Å². The molecule has 2 N–H and O–H groups in total. The molecule has 0 amide bonds. The van der Waals surface area contributed by atoms with E-state index in [1.807, 2.05) is 0 Å². The first-order valence-electron chi connectivity index (χ1n) is 7.06. The third kappa shape index (κ3) is 9.54. The van der Waals surface area contributed by atoms with Gasteiger partial charge >= 0.3 is 0 Å². The van der Waals surface area contributed by atoms with Crippen molar-refractivity contribution in [1.29, 1.82) is 0 Å². The van der Waals surface area contributed by atoms with E-state index in [1.165, 1.54) is 12.3 Å². The first kappa shape index (κ1) is 21.8. The maximum atomic E-state index is 12.4. The van der Waals surface area contributed by atoms with Gasteiger partial charge in [-0.25, -0.2) is 21.6 Å². The molecule has 0 aliphatic carbocycles. The SMILES string of the molecule is C=C(CC)/C(=C\C(C)=C/NS(C)(=O)=O)S(=O)(=O)NCCCOC. The molecule has 0 aromatic rings. The van der Waals surface area contributed by atoms with E-state index in [1.54, 1.807) is 21.0 Å². The van der Waals surface area contributed by atoms with Gasteiger partial charge in [0, 0.05) is 26.5 Å². The van der Waals surface area contributed by atoms with Crippen LogP contribution in [0.3, 0.4) is 0 Å².